The Balaban J connectivity index is 2.85. The predicted octanol–water partition coefficient (Wildman–Crippen LogP) is 3.81. The van der Waals surface area contributed by atoms with Crippen molar-refractivity contribution in [1.82, 2.24) is 5.32 Å². The average molecular weight is 272 g/mol. The summed E-state index contributed by atoms with van der Waals surface area (Å²) in [5.74, 6) is -0.210. The zero-order chi connectivity index (χ0) is 11.3. The number of hydrogen-bond acceptors (Lipinski definition) is 1. The summed E-state index contributed by atoms with van der Waals surface area (Å²) in [6.07, 6.45) is 3.72. The van der Waals surface area contributed by atoms with Gasteiger partial charge >= 0.3 is 0 Å². The minimum Gasteiger partial charge on any atom is -0.313 e. The molecule has 0 spiro atoms. The van der Waals surface area contributed by atoms with Crippen molar-refractivity contribution in [3.63, 3.8) is 0 Å². The van der Waals surface area contributed by atoms with E-state index in [1.807, 2.05) is 19.2 Å². The molecule has 0 bridgehead atoms. The van der Waals surface area contributed by atoms with Gasteiger partial charge in [0.25, 0.3) is 0 Å². The van der Waals surface area contributed by atoms with E-state index in [0.717, 1.165) is 22.9 Å². The van der Waals surface area contributed by atoms with Crippen molar-refractivity contribution >= 4 is 15.9 Å². The molecule has 1 N–H and O–H groups in total. The normalized spacial score (nSPS) is 12.5. The Hall–Kier alpha value is -0.670. The Labute approximate surface area is 98.5 Å². The van der Waals surface area contributed by atoms with Crippen molar-refractivity contribution in [2.24, 2.45) is 0 Å². The van der Waals surface area contributed by atoms with Gasteiger partial charge in [0.05, 0.1) is 0 Å². The maximum absolute atomic E-state index is 13.2. The van der Waals surface area contributed by atoms with Gasteiger partial charge in [-0.1, -0.05) is 22.0 Å². The Morgan fingerprint density at radius 1 is 1.53 bits per heavy atom. The lowest BCUT2D eigenvalue weighted by Crippen LogP contribution is -2.16. The van der Waals surface area contributed by atoms with Gasteiger partial charge < -0.3 is 5.32 Å². The highest BCUT2D eigenvalue weighted by Crippen LogP contribution is 2.23. The van der Waals surface area contributed by atoms with Gasteiger partial charge in [0.1, 0.15) is 5.82 Å². The van der Waals surface area contributed by atoms with Crippen LogP contribution in [0.4, 0.5) is 4.39 Å². The highest BCUT2D eigenvalue weighted by molar-refractivity contribution is 9.10. The molecular weight excluding hydrogens is 257 g/mol. The molecule has 0 fully saturated rings. The van der Waals surface area contributed by atoms with Gasteiger partial charge in [-0.15, -0.1) is 6.58 Å². The average Bonchev–Trinajstić information content (AvgIpc) is 2.17. The van der Waals surface area contributed by atoms with Crippen LogP contribution in [0.15, 0.2) is 35.3 Å². The zero-order valence-electron chi connectivity index (χ0n) is 8.76. The van der Waals surface area contributed by atoms with Crippen molar-refractivity contribution < 1.29 is 4.39 Å². The number of nitrogens with one attached hydrogen (secondary N) is 1. The van der Waals surface area contributed by atoms with Crippen LogP contribution in [-0.4, -0.2) is 7.05 Å². The molecule has 15 heavy (non-hydrogen) atoms. The number of halogens is 2. The molecule has 0 aliphatic heterocycles. The largest absolute Gasteiger partial charge is 0.313 e. The van der Waals surface area contributed by atoms with Crippen LogP contribution in [0, 0.1) is 5.82 Å². The lowest BCUT2D eigenvalue weighted by Gasteiger charge is -2.16. The van der Waals surface area contributed by atoms with Crippen LogP contribution in [0.25, 0.3) is 0 Å². The fourth-order valence-corrected chi connectivity index (χ4v) is 2.02. The fraction of sp³-hybridized carbons (Fsp3) is 0.333. The van der Waals surface area contributed by atoms with Crippen molar-refractivity contribution in [2.45, 2.75) is 18.9 Å². The van der Waals surface area contributed by atoms with Crippen LogP contribution in [0.5, 0.6) is 0 Å². The van der Waals surface area contributed by atoms with Crippen molar-refractivity contribution in [2.75, 3.05) is 7.05 Å². The summed E-state index contributed by atoms with van der Waals surface area (Å²) in [5.41, 5.74) is 0.964. The Morgan fingerprint density at radius 3 is 2.80 bits per heavy atom. The fourth-order valence-electron chi connectivity index (χ4n) is 1.54. The number of benzene rings is 1. The summed E-state index contributed by atoms with van der Waals surface area (Å²) in [5, 5.41) is 3.17. The van der Waals surface area contributed by atoms with Gasteiger partial charge in [-0.2, -0.15) is 0 Å². The van der Waals surface area contributed by atoms with Gasteiger partial charge in [-0.25, -0.2) is 4.39 Å². The molecule has 1 rings (SSSR count). The molecule has 0 aliphatic carbocycles. The van der Waals surface area contributed by atoms with E-state index >= 15 is 0 Å². The maximum atomic E-state index is 13.2. The topological polar surface area (TPSA) is 12.0 Å². The third-order valence-corrected chi connectivity index (χ3v) is 2.75. The van der Waals surface area contributed by atoms with Gasteiger partial charge in [-0.3, -0.25) is 0 Å². The third-order valence-electron chi connectivity index (χ3n) is 2.30. The minimum absolute atomic E-state index is 0.176. The first kappa shape index (κ1) is 12.4. The molecule has 1 atom stereocenters. The first-order valence-electron chi connectivity index (χ1n) is 4.91. The second-order valence-electron chi connectivity index (χ2n) is 3.41. The van der Waals surface area contributed by atoms with Crippen LogP contribution in [0.3, 0.4) is 0 Å². The summed E-state index contributed by atoms with van der Waals surface area (Å²) in [6.45, 7) is 3.68. The number of allylic oxidation sites excluding steroid dienone is 1. The van der Waals surface area contributed by atoms with Crippen LogP contribution in [0.1, 0.15) is 24.4 Å². The van der Waals surface area contributed by atoms with E-state index in [1.165, 1.54) is 6.07 Å². The molecule has 0 saturated heterocycles. The molecule has 0 amide bonds. The summed E-state index contributed by atoms with van der Waals surface area (Å²) in [6, 6.07) is 5.14. The van der Waals surface area contributed by atoms with Crippen molar-refractivity contribution in [3.8, 4) is 0 Å². The molecule has 0 saturated carbocycles. The predicted molar refractivity (Wildman–Crippen MR) is 65.3 cm³/mol. The molecule has 1 nitrogen and oxygen atoms in total. The van der Waals surface area contributed by atoms with Crippen LogP contribution in [-0.2, 0) is 0 Å². The van der Waals surface area contributed by atoms with Crippen LogP contribution in [0.2, 0.25) is 0 Å². The van der Waals surface area contributed by atoms with E-state index in [9.17, 15) is 4.39 Å². The zero-order valence-corrected chi connectivity index (χ0v) is 10.3. The molecule has 0 heterocycles. The summed E-state index contributed by atoms with van der Waals surface area (Å²) in [4.78, 5) is 0. The van der Waals surface area contributed by atoms with E-state index in [2.05, 4.69) is 27.8 Å². The summed E-state index contributed by atoms with van der Waals surface area (Å²) in [7, 11) is 1.88. The third kappa shape index (κ3) is 3.76. The van der Waals surface area contributed by atoms with Gasteiger partial charge in [-0.05, 0) is 43.7 Å². The van der Waals surface area contributed by atoms with Crippen molar-refractivity contribution in [1.29, 1.82) is 0 Å². The molecule has 0 aromatic heterocycles. The van der Waals surface area contributed by atoms with Crippen molar-refractivity contribution in [3.05, 3.63) is 46.7 Å². The summed E-state index contributed by atoms with van der Waals surface area (Å²) >= 11 is 3.29. The Bertz CT molecular complexity index is 318. The van der Waals surface area contributed by atoms with Crippen LogP contribution >= 0.6 is 15.9 Å². The van der Waals surface area contributed by atoms with Crippen LogP contribution < -0.4 is 5.32 Å². The Morgan fingerprint density at radius 2 is 2.27 bits per heavy atom. The minimum atomic E-state index is -0.210. The Kier molecular flexibility index (Phi) is 4.99. The molecule has 0 radical (unpaired) electrons. The number of rotatable bonds is 5. The van der Waals surface area contributed by atoms with Gasteiger partial charge in [0.15, 0.2) is 0 Å². The molecule has 1 aromatic carbocycles. The monoisotopic (exact) mass is 271 g/mol. The molecule has 1 aromatic rings. The van der Waals surface area contributed by atoms with E-state index in [4.69, 9.17) is 0 Å². The second-order valence-corrected chi connectivity index (χ2v) is 4.33. The lowest BCUT2D eigenvalue weighted by atomic mass is 10.0. The van der Waals surface area contributed by atoms with Gasteiger partial charge in [0.2, 0.25) is 0 Å². The van der Waals surface area contributed by atoms with Gasteiger partial charge in [0, 0.05) is 10.5 Å². The standard InChI is InChI=1S/C12H15BrFN/c1-3-4-5-12(15-2)9-6-10(13)8-11(14)7-9/h3,6-8,12,15H,1,4-5H2,2H3. The smallest absolute Gasteiger partial charge is 0.124 e. The second kappa shape index (κ2) is 6.03. The van der Waals surface area contributed by atoms with E-state index < -0.39 is 0 Å². The first-order chi connectivity index (χ1) is 7.17. The van der Waals surface area contributed by atoms with E-state index in [-0.39, 0.29) is 11.9 Å². The maximum Gasteiger partial charge on any atom is 0.124 e. The highest BCUT2D eigenvalue weighted by Gasteiger charge is 2.09. The first-order valence-corrected chi connectivity index (χ1v) is 5.71. The lowest BCUT2D eigenvalue weighted by molar-refractivity contribution is 0.546. The molecule has 1 unspecified atom stereocenters. The van der Waals surface area contributed by atoms with E-state index in [0.29, 0.717) is 0 Å². The molecular formula is C12H15BrFN. The molecule has 3 heteroatoms. The number of hydrogen-bond donors (Lipinski definition) is 1. The SMILES string of the molecule is C=CCCC(NC)c1cc(F)cc(Br)c1. The molecule has 82 valence electrons. The quantitative estimate of drug-likeness (QED) is 0.803. The van der Waals surface area contributed by atoms with E-state index in [1.54, 1.807) is 6.07 Å². The highest BCUT2D eigenvalue weighted by atomic mass is 79.9. The molecule has 0 aliphatic rings. The summed E-state index contributed by atoms with van der Waals surface area (Å²) < 4.78 is 13.9.